The predicted molar refractivity (Wildman–Crippen MR) is 96.1 cm³/mol. The number of carbonyl (C=O) groups excluding carboxylic acids is 2. The molecule has 0 bridgehead atoms. The van der Waals surface area contributed by atoms with E-state index in [-0.39, 0.29) is 36.6 Å². The first kappa shape index (κ1) is 17.9. The maximum Gasteiger partial charge on any atom is 0.303 e. The molecule has 25 heavy (non-hydrogen) atoms. The molecule has 7 heteroatoms. The molecule has 1 unspecified atom stereocenters. The van der Waals surface area contributed by atoms with Crippen LogP contribution in [0.25, 0.3) is 0 Å². The second-order valence-electron chi connectivity index (χ2n) is 7.12. The molecule has 1 heterocycles. The average Bonchev–Trinajstić information content (AvgIpc) is 3.24. The summed E-state index contributed by atoms with van der Waals surface area (Å²) in [6.45, 7) is 1.74. The third-order valence-corrected chi connectivity index (χ3v) is 5.83. The molecule has 0 aromatic carbocycles. The molecule has 1 saturated carbocycles. The number of carboxylic acid groups (broad SMARTS) is 1. The monoisotopic (exact) mass is 364 g/mol. The van der Waals surface area contributed by atoms with E-state index in [4.69, 9.17) is 5.11 Å². The molecule has 0 spiro atoms. The Hall–Kier alpha value is -1.89. The Morgan fingerprint density at radius 2 is 1.92 bits per heavy atom. The molecule has 0 aliphatic heterocycles. The number of fused-ring (bicyclic) bond motifs is 1. The van der Waals surface area contributed by atoms with Crippen molar-refractivity contribution >= 4 is 34.1 Å². The highest BCUT2D eigenvalue weighted by Gasteiger charge is 2.30. The van der Waals surface area contributed by atoms with Crippen LogP contribution < -0.4 is 10.6 Å². The van der Waals surface area contributed by atoms with Gasteiger partial charge in [0.15, 0.2) is 0 Å². The van der Waals surface area contributed by atoms with Crippen molar-refractivity contribution in [2.45, 2.75) is 64.3 Å². The van der Waals surface area contributed by atoms with Gasteiger partial charge < -0.3 is 15.7 Å². The lowest BCUT2D eigenvalue weighted by atomic mass is 9.95. The van der Waals surface area contributed by atoms with Crippen molar-refractivity contribution in [2.75, 3.05) is 5.32 Å². The van der Waals surface area contributed by atoms with Crippen molar-refractivity contribution in [1.29, 1.82) is 0 Å². The van der Waals surface area contributed by atoms with E-state index in [2.05, 4.69) is 10.6 Å². The van der Waals surface area contributed by atoms with Gasteiger partial charge in [0.25, 0.3) is 5.91 Å². The van der Waals surface area contributed by atoms with Crippen LogP contribution in [-0.2, 0) is 22.4 Å². The Balaban J connectivity index is 1.75. The summed E-state index contributed by atoms with van der Waals surface area (Å²) in [6, 6.07) is 0.269. The first-order chi connectivity index (χ1) is 11.9. The average molecular weight is 364 g/mol. The summed E-state index contributed by atoms with van der Waals surface area (Å²) in [4.78, 5) is 36.9. The second-order valence-corrected chi connectivity index (χ2v) is 8.22. The van der Waals surface area contributed by atoms with Gasteiger partial charge in [0.1, 0.15) is 5.00 Å². The predicted octanol–water partition coefficient (Wildman–Crippen LogP) is 2.96. The minimum atomic E-state index is -0.906. The summed E-state index contributed by atoms with van der Waals surface area (Å²) in [5, 5.41) is 15.3. The van der Waals surface area contributed by atoms with Crippen molar-refractivity contribution in [3.63, 3.8) is 0 Å². The number of amides is 2. The Kier molecular flexibility index (Phi) is 5.42. The third kappa shape index (κ3) is 4.60. The largest absolute Gasteiger partial charge is 0.481 e. The van der Waals surface area contributed by atoms with Gasteiger partial charge in [0, 0.05) is 23.8 Å². The molecule has 0 radical (unpaired) electrons. The summed E-state index contributed by atoms with van der Waals surface area (Å²) < 4.78 is 0. The fourth-order valence-electron chi connectivity index (χ4n) is 3.24. The lowest BCUT2D eigenvalue weighted by Gasteiger charge is -2.13. The van der Waals surface area contributed by atoms with Crippen LogP contribution in [0, 0.1) is 5.92 Å². The van der Waals surface area contributed by atoms with E-state index in [9.17, 15) is 14.4 Å². The van der Waals surface area contributed by atoms with E-state index in [0.717, 1.165) is 44.1 Å². The highest BCUT2D eigenvalue weighted by atomic mass is 32.1. The molecule has 2 aliphatic carbocycles. The van der Waals surface area contributed by atoms with Crippen molar-refractivity contribution in [3.05, 3.63) is 16.0 Å². The van der Waals surface area contributed by atoms with Crippen molar-refractivity contribution < 1.29 is 19.5 Å². The smallest absolute Gasteiger partial charge is 0.303 e. The van der Waals surface area contributed by atoms with Crippen LogP contribution in [0.15, 0.2) is 0 Å². The van der Waals surface area contributed by atoms with Gasteiger partial charge in [-0.05, 0) is 50.0 Å². The number of carbonyl (C=O) groups is 3. The van der Waals surface area contributed by atoms with Crippen LogP contribution in [-0.4, -0.2) is 28.9 Å². The highest BCUT2D eigenvalue weighted by molar-refractivity contribution is 7.17. The van der Waals surface area contributed by atoms with Crippen LogP contribution in [0.4, 0.5) is 5.00 Å². The summed E-state index contributed by atoms with van der Waals surface area (Å²) in [6.07, 6.45) is 6.15. The highest BCUT2D eigenvalue weighted by Crippen LogP contribution is 2.38. The Labute approximate surface area is 151 Å². The van der Waals surface area contributed by atoms with Gasteiger partial charge in [-0.15, -0.1) is 11.3 Å². The minimum absolute atomic E-state index is 0.0383. The van der Waals surface area contributed by atoms with Gasteiger partial charge in [-0.1, -0.05) is 6.92 Å². The van der Waals surface area contributed by atoms with E-state index in [1.807, 2.05) is 0 Å². The Morgan fingerprint density at radius 1 is 1.20 bits per heavy atom. The van der Waals surface area contributed by atoms with Gasteiger partial charge in [0.05, 0.1) is 5.56 Å². The molecule has 136 valence electrons. The first-order valence-corrected chi connectivity index (χ1v) is 9.72. The number of thiophene rings is 1. The Bertz CT molecular complexity index is 693. The number of aliphatic carboxylic acids is 1. The quantitative estimate of drug-likeness (QED) is 0.693. The zero-order chi connectivity index (χ0) is 18.0. The van der Waals surface area contributed by atoms with Crippen molar-refractivity contribution in [3.8, 4) is 0 Å². The third-order valence-electron chi connectivity index (χ3n) is 4.62. The van der Waals surface area contributed by atoms with Crippen LogP contribution in [0.5, 0.6) is 0 Å². The van der Waals surface area contributed by atoms with Gasteiger partial charge in [0.2, 0.25) is 5.91 Å². The number of aryl methyl sites for hydroxylation is 1. The van der Waals surface area contributed by atoms with E-state index in [0.29, 0.717) is 10.6 Å². The lowest BCUT2D eigenvalue weighted by Crippen LogP contribution is -2.27. The molecule has 3 rings (SSSR count). The summed E-state index contributed by atoms with van der Waals surface area (Å²) in [5.41, 5.74) is 1.72. The molecular weight excluding hydrogens is 340 g/mol. The molecule has 1 atom stereocenters. The molecule has 1 aromatic heterocycles. The number of hydrogen-bond donors (Lipinski definition) is 3. The number of hydrogen-bond acceptors (Lipinski definition) is 4. The Morgan fingerprint density at radius 3 is 2.60 bits per heavy atom. The van der Waals surface area contributed by atoms with Crippen LogP contribution in [0.2, 0.25) is 0 Å². The standard InChI is InChI=1S/C18H24N2O4S/c1-10(9-15(22)23)8-14(21)20-18-16(17(24)19-11-6-7-11)12-4-2-3-5-13(12)25-18/h10-11H,2-9H2,1H3,(H,19,24)(H,20,21)(H,22,23). The zero-order valence-electron chi connectivity index (χ0n) is 14.4. The normalized spacial score (nSPS) is 17.5. The SMILES string of the molecule is CC(CC(=O)O)CC(=O)Nc1sc2c(c1C(=O)NC1CC1)CCCC2. The lowest BCUT2D eigenvalue weighted by molar-refractivity contribution is -0.138. The second kappa shape index (κ2) is 7.56. The zero-order valence-corrected chi connectivity index (χ0v) is 15.2. The topological polar surface area (TPSA) is 95.5 Å². The number of carboxylic acids is 1. The van der Waals surface area contributed by atoms with Gasteiger partial charge in [-0.25, -0.2) is 0 Å². The van der Waals surface area contributed by atoms with E-state index in [1.165, 1.54) is 16.2 Å². The molecule has 2 amide bonds. The fraction of sp³-hybridized carbons (Fsp3) is 0.611. The van der Waals surface area contributed by atoms with E-state index in [1.54, 1.807) is 6.92 Å². The van der Waals surface area contributed by atoms with Gasteiger partial charge in [-0.2, -0.15) is 0 Å². The maximum atomic E-state index is 12.7. The maximum absolute atomic E-state index is 12.7. The van der Waals surface area contributed by atoms with Gasteiger partial charge >= 0.3 is 5.97 Å². The number of anilines is 1. The summed E-state index contributed by atoms with van der Waals surface area (Å²) >= 11 is 1.50. The number of nitrogens with one attached hydrogen (secondary N) is 2. The fourth-order valence-corrected chi connectivity index (χ4v) is 4.55. The summed E-state index contributed by atoms with van der Waals surface area (Å²) in [5.74, 6) is -1.46. The molecule has 2 aliphatic rings. The molecule has 6 nitrogen and oxygen atoms in total. The summed E-state index contributed by atoms with van der Waals surface area (Å²) in [7, 11) is 0. The van der Waals surface area contributed by atoms with Gasteiger partial charge in [-0.3, -0.25) is 14.4 Å². The molecule has 1 fully saturated rings. The molecule has 3 N–H and O–H groups in total. The molecule has 1 aromatic rings. The first-order valence-electron chi connectivity index (χ1n) is 8.91. The van der Waals surface area contributed by atoms with Crippen molar-refractivity contribution in [2.24, 2.45) is 5.92 Å². The van der Waals surface area contributed by atoms with E-state index < -0.39 is 5.97 Å². The van der Waals surface area contributed by atoms with E-state index >= 15 is 0 Å². The molecule has 0 saturated heterocycles. The number of rotatable bonds is 7. The van der Waals surface area contributed by atoms with Crippen LogP contribution in [0.1, 0.15) is 66.2 Å². The van der Waals surface area contributed by atoms with Crippen LogP contribution >= 0.6 is 11.3 Å². The van der Waals surface area contributed by atoms with Crippen molar-refractivity contribution in [1.82, 2.24) is 5.32 Å². The minimum Gasteiger partial charge on any atom is -0.481 e. The molecular formula is C18H24N2O4S. The van der Waals surface area contributed by atoms with Crippen LogP contribution in [0.3, 0.4) is 0 Å².